The molecular formula is C25H29F3N4O. The molecule has 0 saturated heterocycles. The fraction of sp³-hybridized carbons (Fsp3) is 0.520. The van der Waals surface area contributed by atoms with Crippen molar-refractivity contribution in [2.75, 3.05) is 6.54 Å². The van der Waals surface area contributed by atoms with Crippen molar-refractivity contribution in [3.05, 3.63) is 48.2 Å². The van der Waals surface area contributed by atoms with E-state index >= 15 is 0 Å². The van der Waals surface area contributed by atoms with Gasteiger partial charge in [-0.2, -0.15) is 18.2 Å². The Labute approximate surface area is 191 Å². The van der Waals surface area contributed by atoms with Gasteiger partial charge in [0.25, 0.3) is 5.91 Å². The zero-order chi connectivity index (χ0) is 23.2. The maximum atomic E-state index is 12.8. The first-order valence-corrected chi connectivity index (χ1v) is 11.6. The smallest absolute Gasteiger partial charge is 0.370 e. The average Bonchev–Trinajstić information content (AvgIpc) is 3.15. The summed E-state index contributed by atoms with van der Waals surface area (Å²) in [7, 11) is 0. The molecular weight excluding hydrogens is 429 g/mol. The van der Waals surface area contributed by atoms with Gasteiger partial charge in [-0.15, -0.1) is 0 Å². The van der Waals surface area contributed by atoms with Crippen LogP contribution >= 0.6 is 0 Å². The Kier molecular flexibility index (Phi) is 5.49. The van der Waals surface area contributed by atoms with Crippen LogP contribution in [0.2, 0.25) is 0 Å². The van der Waals surface area contributed by atoms with Crippen molar-refractivity contribution in [1.82, 2.24) is 9.88 Å². The van der Waals surface area contributed by atoms with Crippen LogP contribution in [0.5, 0.6) is 0 Å². The molecule has 0 aliphatic heterocycles. The maximum absolute atomic E-state index is 12.8. The van der Waals surface area contributed by atoms with Crippen LogP contribution < -0.4 is 11.1 Å². The zero-order valence-corrected chi connectivity index (χ0v) is 18.4. The quantitative estimate of drug-likeness (QED) is 0.508. The summed E-state index contributed by atoms with van der Waals surface area (Å²) in [5.41, 5.74) is 8.69. The number of aromatic nitrogens is 1. The number of carbonyl (C=O) groups is 1. The first-order valence-electron chi connectivity index (χ1n) is 11.6. The van der Waals surface area contributed by atoms with Gasteiger partial charge in [-0.1, -0.05) is 30.3 Å². The van der Waals surface area contributed by atoms with Crippen LogP contribution in [-0.4, -0.2) is 29.2 Å². The average molecular weight is 459 g/mol. The van der Waals surface area contributed by atoms with Gasteiger partial charge < -0.3 is 15.6 Å². The molecule has 4 bridgehead atoms. The van der Waals surface area contributed by atoms with E-state index in [0.29, 0.717) is 0 Å². The number of nitrogens with one attached hydrogen (secondary N) is 1. The van der Waals surface area contributed by atoms with Gasteiger partial charge in [0.05, 0.1) is 0 Å². The van der Waals surface area contributed by atoms with Crippen molar-refractivity contribution in [2.24, 2.45) is 28.5 Å². The minimum atomic E-state index is -4.43. The van der Waals surface area contributed by atoms with Gasteiger partial charge in [0.15, 0.2) is 5.96 Å². The Morgan fingerprint density at radius 2 is 1.64 bits per heavy atom. The van der Waals surface area contributed by atoms with E-state index in [1.165, 1.54) is 19.3 Å². The van der Waals surface area contributed by atoms with Gasteiger partial charge in [-0.3, -0.25) is 4.79 Å². The van der Waals surface area contributed by atoms with Crippen LogP contribution in [0.4, 0.5) is 13.2 Å². The summed E-state index contributed by atoms with van der Waals surface area (Å²) in [6.45, 7) is -1.38. The molecule has 8 heteroatoms. The van der Waals surface area contributed by atoms with Crippen molar-refractivity contribution in [2.45, 2.75) is 56.7 Å². The first kappa shape index (κ1) is 22.0. The van der Waals surface area contributed by atoms with E-state index in [-0.39, 0.29) is 12.0 Å². The number of hydrogen-bond acceptors (Lipinski definition) is 1. The standard InChI is InChI=1S/C25H29F3N4O/c26-25(27,28)15-30-23(29)31-22(33)14-32-20(19-4-2-1-3-5-19)6-7-21(32)24-11-16-8-17(12-24)10-18(9-16)13-24/h1-7,16-18H,8-15H2,(H3,29,30,31,33). The van der Waals surface area contributed by atoms with E-state index in [0.717, 1.165) is 54.0 Å². The minimum Gasteiger partial charge on any atom is -0.370 e. The van der Waals surface area contributed by atoms with Crippen LogP contribution in [0.25, 0.3) is 11.3 Å². The molecule has 3 N–H and O–H groups in total. The second-order valence-corrected chi connectivity index (χ2v) is 10.1. The lowest BCUT2D eigenvalue weighted by atomic mass is 9.49. The highest BCUT2D eigenvalue weighted by Crippen LogP contribution is 2.61. The largest absolute Gasteiger partial charge is 0.405 e. The molecule has 1 aromatic carbocycles. The molecule has 4 aliphatic carbocycles. The van der Waals surface area contributed by atoms with Gasteiger partial charge in [-0.05, 0) is 74.0 Å². The first-order chi connectivity index (χ1) is 15.7. The molecule has 4 fully saturated rings. The van der Waals surface area contributed by atoms with Crippen molar-refractivity contribution >= 4 is 11.9 Å². The second-order valence-electron chi connectivity index (χ2n) is 10.1. The monoisotopic (exact) mass is 458 g/mol. The number of nitrogens with two attached hydrogens (primary N) is 1. The van der Waals surface area contributed by atoms with Crippen molar-refractivity contribution < 1.29 is 18.0 Å². The Balaban J connectivity index is 1.46. The maximum Gasteiger partial charge on any atom is 0.405 e. The van der Waals surface area contributed by atoms with E-state index < -0.39 is 24.6 Å². The van der Waals surface area contributed by atoms with E-state index in [1.54, 1.807) is 0 Å². The Bertz CT molecular complexity index is 1020. The van der Waals surface area contributed by atoms with Crippen LogP contribution in [0, 0.1) is 17.8 Å². The fourth-order valence-corrected chi connectivity index (χ4v) is 6.92. The highest BCUT2D eigenvalue weighted by atomic mass is 19.4. The molecule has 176 valence electrons. The molecule has 1 heterocycles. The van der Waals surface area contributed by atoms with E-state index in [1.807, 2.05) is 40.2 Å². The van der Waals surface area contributed by atoms with Gasteiger partial charge in [0.2, 0.25) is 0 Å². The summed E-state index contributed by atoms with van der Waals surface area (Å²) in [6, 6.07) is 14.1. The lowest BCUT2D eigenvalue weighted by molar-refractivity contribution is -0.122. The number of hydrogen-bond donors (Lipinski definition) is 2. The molecule has 0 spiro atoms. The molecule has 0 unspecified atom stereocenters. The predicted molar refractivity (Wildman–Crippen MR) is 120 cm³/mol. The predicted octanol–water partition coefficient (Wildman–Crippen LogP) is 4.62. The Morgan fingerprint density at radius 1 is 1.03 bits per heavy atom. The lowest BCUT2D eigenvalue weighted by Crippen LogP contribution is -2.49. The van der Waals surface area contributed by atoms with Crippen molar-refractivity contribution in [3.8, 4) is 11.3 Å². The molecule has 33 heavy (non-hydrogen) atoms. The molecule has 1 aromatic heterocycles. The topological polar surface area (TPSA) is 72.4 Å². The number of halogens is 3. The number of aliphatic imine (C=N–C) groups is 1. The van der Waals surface area contributed by atoms with Gasteiger partial charge in [0.1, 0.15) is 13.1 Å². The number of benzene rings is 1. The second kappa shape index (κ2) is 8.22. The SMILES string of the molecule is N/C(=N\C(=O)Cn1c(-c2ccccc2)ccc1C12CC3CC(CC(C3)C1)C2)NCC(F)(F)F. The number of nitrogens with zero attached hydrogens (tertiary/aromatic N) is 2. The summed E-state index contributed by atoms with van der Waals surface area (Å²) in [6.07, 6.45) is 2.94. The van der Waals surface area contributed by atoms with Crippen LogP contribution in [0.15, 0.2) is 47.5 Å². The summed E-state index contributed by atoms with van der Waals surface area (Å²) in [5, 5.41) is 1.98. The number of alkyl halides is 3. The van der Waals surface area contributed by atoms with Gasteiger partial charge in [-0.25, -0.2) is 0 Å². The Hall–Kier alpha value is -2.77. The molecule has 5 nitrogen and oxygen atoms in total. The molecule has 0 atom stereocenters. The highest BCUT2D eigenvalue weighted by Gasteiger charge is 2.52. The van der Waals surface area contributed by atoms with Crippen molar-refractivity contribution in [1.29, 1.82) is 0 Å². The van der Waals surface area contributed by atoms with E-state index in [4.69, 9.17) is 5.73 Å². The normalized spacial score (nSPS) is 28.8. The fourth-order valence-electron chi connectivity index (χ4n) is 6.92. The molecule has 2 aromatic rings. The molecule has 1 amide bonds. The van der Waals surface area contributed by atoms with Crippen molar-refractivity contribution in [3.63, 3.8) is 0 Å². The van der Waals surface area contributed by atoms with Gasteiger partial charge in [0, 0.05) is 16.8 Å². The Morgan fingerprint density at radius 3 is 2.21 bits per heavy atom. The third-order valence-electron chi connectivity index (χ3n) is 7.64. The lowest BCUT2D eigenvalue weighted by Gasteiger charge is -2.57. The molecule has 4 aliphatic rings. The molecule has 0 radical (unpaired) electrons. The number of amides is 1. The van der Waals surface area contributed by atoms with Gasteiger partial charge >= 0.3 is 6.18 Å². The number of carbonyl (C=O) groups excluding carboxylic acids is 1. The van der Waals surface area contributed by atoms with Crippen LogP contribution in [0.3, 0.4) is 0 Å². The molecule has 4 saturated carbocycles. The zero-order valence-electron chi connectivity index (χ0n) is 18.4. The third kappa shape index (κ3) is 4.52. The summed E-state index contributed by atoms with van der Waals surface area (Å²) in [5.74, 6) is 1.16. The molecule has 6 rings (SSSR count). The van der Waals surface area contributed by atoms with E-state index in [2.05, 4.69) is 17.1 Å². The number of guanidine groups is 1. The summed E-state index contributed by atoms with van der Waals surface area (Å²) >= 11 is 0. The third-order valence-corrected chi connectivity index (χ3v) is 7.64. The summed E-state index contributed by atoms with van der Waals surface area (Å²) < 4.78 is 39.4. The highest BCUT2D eigenvalue weighted by molar-refractivity contribution is 5.92. The number of rotatable bonds is 5. The van der Waals surface area contributed by atoms with Crippen LogP contribution in [0.1, 0.15) is 44.2 Å². The summed E-state index contributed by atoms with van der Waals surface area (Å²) in [4.78, 5) is 16.5. The van der Waals surface area contributed by atoms with E-state index in [9.17, 15) is 18.0 Å². The minimum absolute atomic E-state index is 0.0529. The van der Waals surface area contributed by atoms with Crippen LogP contribution in [-0.2, 0) is 16.8 Å².